The Balaban J connectivity index is 0.00000144. The van der Waals surface area contributed by atoms with Gasteiger partial charge in [-0.25, -0.2) is 0 Å². The van der Waals surface area contributed by atoms with Crippen LogP contribution in [0.5, 0.6) is 0 Å². The fourth-order valence-electron chi connectivity index (χ4n) is 0.820. The lowest BCUT2D eigenvalue weighted by Gasteiger charge is -2.22. The van der Waals surface area contributed by atoms with Crippen LogP contribution >= 0.6 is 12.4 Å². The molecule has 0 aliphatic carbocycles. The minimum Gasteiger partial charge on any atom is -0.382 e. The van der Waals surface area contributed by atoms with E-state index in [4.69, 9.17) is 8.85 Å². The van der Waals surface area contributed by atoms with Crippen molar-refractivity contribution in [1.82, 2.24) is 5.32 Å². The topological polar surface area (TPSA) is 30.5 Å². The van der Waals surface area contributed by atoms with Gasteiger partial charge in [0.2, 0.25) is 0 Å². The molecule has 0 saturated carbocycles. The minimum absolute atomic E-state index is 0. The summed E-state index contributed by atoms with van der Waals surface area (Å²) in [6.45, 7) is 2.23. The monoisotopic (exact) mass is 170 g/mol. The first kappa shape index (κ1) is 5.77. The number of nitrogens with one attached hydrogen (secondary N) is 1. The first-order chi connectivity index (χ1) is 5.58. The van der Waals surface area contributed by atoms with Gasteiger partial charge in [0, 0.05) is 20.1 Å². The van der Waals surface area contributed by atoms with Crippen molar-refractivity contribution in [3.8, 4) is 0 Å². The van der Waals surface area contributed by atoms with Crippen molar-refractivity contribution in [2.24, 2.45) is 0 Å². The molecule has 1 aliphatic rings. The molecule has 0 aromatic carbocycles. The molecule has 0 unspecified atom stereocenters. The quantitative estimate of drug-likeness (QED) is 0.635. The maximum Gasteiger partial charge on any atom is 0.0932 e. The molecule has 1 aliphatic heterocycles. The van der Waals surface area contributed by atoms with Gasteiger partial charge in [0.05, 0.1) is 23.4 Å². The van der Waals surface area contributed by atoms with Gasteiger partial charge < -0.3 is 14.8 Å². The van der Waals surface area contributed by atoms with Crippen LogP contribution in [0.3, 0.4) is 0 Å². The van der Waals surface area contributed by atoms with Crippen molar-refractivity contribution in [1.29, 1.82) is 0 Å². The highest BCUT2D eigenvalue weighted by atomic mass is 35.5. The second-order valence-electron chi connectivity index (χ2n) is 2.01. The summed E-state index contributed by atoms with van der Waals surface area (Å²) in [6.07, 6.45) is -0.126. The zero-order valence-corrected chi connectivity index (χ0v) is 6.45. The van der Waals surface area contributed by atoms with E-state index in [1.165, 1.54) is 0 Å². The highest BCUT2D eigenvalue weighted by Gasteiger charge is 2.11. The summed E-state index contributed by atoms with van der Waals surface area (Å²) >= 11 is 0. The van der Waals surface area contributed by atoms with Crippen LogP contribution in [-0.2, 0) is 9.47 Å². The second-order valence-corrected chi connectivity index (χ2v) is 2.01. The van der Waals surface area contributed by atoms with Gasteiger partial charge in [0.15, 0.2) is 0 Å². The van der Waals surface area contributed by atoms with E-state index in [1.807, 2.05) is 0 Å². The summed E-state index contributed by atoms with van der Waals surface area (Å²) in [5.74, 6) is 0. The molecule has 0 radical (unpaired) electrons. The molecule has 0 bridgehead atoms. The van der Waals surface area contributed by atoms with Gasteiger partial charge in [-0.1, -0.05) is 0 Å². The molecule has 1 N–H and O–H groups in total. The van der Waals surface area contributed by atoms with Gasteiger partial charge in [-0.15, -0.1) is 12.4 Å². The molecule has 0 amide bonds. The number of rotatable bonds is 2. The SMILES string of the molecule is Cl.[2H]C([2H])([2H])OC[C@H]1CNCCO1. The van der Waals surface area contributed by atoms with Crippen LogP contribution in [0.2, 0.25) is 0 Å². The van der Waals surface area contributed by atoms with Crippen LogP contribution in [0.25, 0.3) is 0 Å². The van der Waals surface area contributed by atoms with E-state index in [-0.39, 0.29) is 25.1 Å². The van der Waals surface area contributed by atoms with E-state index >= 15 is 0 Å². The van der Waals surface area contributed by atoms with Crippen molar-refractivity contribution >= 4 is 12.4 Å². The third-order valence-corrected chi connectivity index (χ3v) is 1.27. The van der Waals surface area contributed by atoms with E-state index in [0.717, 1.165) is 6.54 Å². The summed E-state index contributed by atoms with van der Waals surface area (Å²) < 4.78 is 30.2. The van der Waals surface area contributed by atoms with Crippen molar-refractivity contribution < 1.29 is 13.6 Å². The first-order valence-corrected chi connectivity index (χ1v) is 3.04. The Bertz CT molecular complexity index is 138. The Kier molecular flexibility index (Phi) is 3.42. The number of hydrogen-bond donors (Lipinski definition) is 1. The van der Waals surface area contributed by atoms with E-state index in [2.05, 4.69) is 10.1 Å². The highest BCUT2D eigenvalue weighted by molar-refractivity contribution is 5.85. The van der Waals surface area contributed by atoms with Crippen LogP contribution in [0.1, 0.15) is 4.11 Å². The predicted octanol–water partition coefficient (Wildman–Crippen LogP) is 0.0430. The lowest BCUT2D eigenvalue weighted by molar-refractivity contribution is -0.0188. The Morgan fingerprint density at radius 3 is 3.40 bits per heavy atom. The van der Waals surface area contributed by atoms with Crippen LogP contribution < -0.4 is 5.32 Å². The van der Waals surface area contributed by atoms with Crippen molar-refractivity contribution in [2.45, 2.75) is 6.10 Å². The molecule has 1 atom stereocenters. The molecule has 3 nitrogen and oxygen atoms in total. The van der Waals surface area contributed by atoms with Crippen molar-refractivity contribution in [2.75, 3.05) is 33.3 Å². The fourth-order valence-corrected chi connectivity index (χ4v) is 0.820. The third kappa shape index (κ3) is 3.37. The molecular formula is C6H14ClNO2. The maximum absolute atomic E-state index is 6.79. The van der Waals surface area contributed by atoms with E-state index in [9.17, 15) is 0 Å². The molecule has 1 rings (SSSR count). The largest absolute Gasteiger partial charge is 0.382 e. The molecule has 1 saturated heterocycles. The van der Waals surface area contributed by atoms with Gasteiger partial charge in [0.1, 0.15) is 0 Å². The average molecular weight is 171 g/mol. The van der Waals surface area contributed by atoms with Gasteiger partial charge in [-0.05, 0) is 0 Å². The minimum atomic E-state index is -2.30. The van der Waals surface area contributed by atoms with Crippen LogP contribution in [0.4, 0.5) is 0 Å². The summed E-state index contributed by atoms with van der Waals surface area (Å²) in [5, 5.41) is 3.08. The predicted molar refractivity (Wildman–Crippen MR) is 41.7 cm³/mol. The summed E-state index contributed by atoms with van der Waals surface area (Å²) in [6, 6.07) is 0. The first-order valence-electron chi connectivity index (χ1n) is 4.54. The summed E-state index contributed by atoms with van der Waals surface area (Å²) in [4.78, 5) is 0. The van der Waals surface area contributed by atoms with E-state index < -0.39 is 7.04 Å². The maximum atomic E-state index is 6.79. The third-order valence-electron chi connectivity index (χ3n) is 1.27. The molecular weight excluding hydrogens is 154 g/mol. The Morgan fingerprint density at radius 2 is 2.80 bits per heavy atom. The Morgan fingerprint density at radius 1 is 1.90 bits per heavy atom. The normalized spacial score (nSPS) is 31.2. The molecule has 62 valence electrons. The molecule has 0 spiro atoms. The van der Waals surface area contributed by atoms with Crippen LogP contribution in [0, 0.1) is 0 Å². The fraction of sp³-hybridized carbons (Fsp3) is 1.00. The number of halogens is 1. The number of hydrogen-bond acceptors (Lipinski definition) is 3. The zero-order chi connectivity index (χ0) is 9.03. The molecule has 4 heteroatoms. The zero-order valence-electron chi connectivity index (χ0n) is 8.63. The van der Waals surface area contributed by atoms with Gasteiger partial charge in [-0.3, -0.25) is 0 Å². The van der Waals surface area contributed by atoms with Gasteiger partial charge in [-0.2, -0.15) is 0 Å². The summed E-state index contributed by atoms with van der Waals surface area (Å²) in [7, 11) is -2.30. The van der Waals surface area contributed by atoms with E-state index in [0.29, 0.717) is 13.2 Å². The Labute approximate surface area is 71.7 Å². The molecule has 0 aromatic heterocycles. The molecule has 1 heterocycles. The number of morpholine rings is 1. The molecule has 1 fully saturated rings. The van der Waals surface area contributed by atoms with Crippen molar-refractivity contribution in [3.63, 3.8) is 0 Å². The number of ether oxygens (including phenoxy) is 2. The smallest absolute Gasteiger partial charge is 0.0932 e. The second kappa shape index (κ2) is 5.92. The van der Waals surface area contributed by atoms with E-state index in [1.54, 1.807) is 0 Å². The van der Waals surface area contributed by atoms with Gasteiger partial charge >= 0.3 is 0 Å². The van der Waals surface area contributed by atoms with Crippen LogP contribution in [0.15, 0.2) is 0 Å². The Hall–Kier alpha value is 0.170. The van der Waals surface area contributed by atoms with Gasteiger partial charge in [0.25, 0.3) is 0 Å². The van der Waals surface area contributed by atoms with Crippen molar-refractivity contribution in [3.05, 3.63) is 0 Å². The highest BCUT2D eigenvalue weighted by Crippen LogP contribution is 1.94. The lowest BCUT2D eigenvalue weighted by atomic mass is 10.3. The summed E-state index contributed by atoms with van der Waals surface area (Å²) in [5.41, 5.74) is 0. The standard InChI is InChI=1S/C6H13NO2.ClH/c1-8-5-6-4-7-2-3-9-6;/h6-7H,2-5H2,1H3;1H/t6-;/m1./s1/i1D3;. The average Bonchev–Trinajstić information content (AvgIpc) is 2.02. The molecule has 10 heavy (non-hydrogen) atoms. The lowest BCUT2D eigenvalue weighted by Crippen LogP contribution is -2.40. The molecule has 0 aromatic rings. The number of methoxy groups -OCH3 is 1. The van der Waals surface area contributed by atoms with Crippen LogP contribution in [-0.4, -0.2) is 39.4 Å².